The second-order valence-corrected chi connectivity index (χ2v) is 9.18. The summed E-state index contributed by atoms with van der Waals surface area (Å²) in [6.07, 6.45) is 0.613. The van der Waals surface area contributed by atoms with E-state index in [1.54, 1.807) is 12.1 Å². The van der Waals surface area contributed by atoms with Gasteiger partial charge in [0.1, 0.15) is 16.5 Å². The molecule has 3 aromatic rings. The Morgan fingerprint density at radius 1 is 0.895 bits per heavy atom. The highest BCUT2D eigenvalue weighted by Gasteiger charge is 2.40. The molecule has 0 saturated heterocycles. The zero-order valence-electron chi connectivity index (χ0n) is 19.8. The number of imide groups is 1. The summed E-state index contributed by atoms with van der Waals surface area (Å²) in [6, 6.07) is 16.5. The predicted molar refractivity (Wildman–Crippen MR) is 144 cm³/mol. The maximum absolute atomic E-state index is 13.2. The Kier molecular flexibility index (Phi) is 8.36. The smallest absolute Gasteiger partial charge is 0.343 e. The van der Waals surface area contributed by atoms with E-state index < -0.39 is 23.8 Å². The van der Waals surface area contributed by atoms with Crippen LogP contribution >= 0.6 is 34.8 Å². The van der Waals surface area contributed by atoms with E-state index in [4.69, 9.17) is 44.3 Å². The molecule has 2 amide bonds. The van der Waals surface area contributed by atoms with Gasteiger partial charge in [0.2, 0.25) is 0 Å². The van der Waals surface area contributed by atoms with E-state index in [1.807, 2.05) is 6.92 Å². The summed E-state index contributed by atoms with van der Waals surface area (Å²) in [4.78, 5) is 51.9. The molecule has 0 aliphatic carbocycles. The molecule has 4 rings (SSSR count). The van der Waals surface area contributed by atoms with Crippen LogP contribution in [0.5, 0.6) is 5.75 Å². The molecule has 0 atom stereocenters. The number of amides is 2. The highest BCUT2D eigenvalue weighted by atomic mass is 35.5. The van der Waals surface area contributed by atoms with Crippen molar-refractivity contribution >= 4 is 69.9 Å². The molecule has 1 aliphatic heterocycles. The Bertz CT molecular complexity index is 1470. The molecule has 1 heterocycles. The van der Waals surface area contributed by atoms with E-state index in [1.165, 1.54) is 54.6 Å². The standard InChI is InChI=1S/C27H19Cl3N2O6/c1-2-13-37-27(36)18-5-3-4-6-20(18)32-24(33)22(30)23(25(32)34)31-17-10-7-15(8-11-17)26(35)38-21-12-9-16(28)14-19(21)29/h3-12,14,31H,2,13H2,1H3. The van der Waals surface area contributed by atoms with Gasteiger partial charge in [-0.05, 0) is 61.0 Å². The number of nitrogens with zero attached hydrogens (tertiary/aromatic N) is 1. The summed E-state index contributed by atoms with van der Waals surface area (Å²) < 4.78 is 10.5. The van der Waals surface area contributed by atoms with Crippen LogP contribution in [0.25, 0.3) is 0 Å². The zero-order valence-corrected chi connectivity index (χ0v) is 22.1. The monoisotopic (exact) mass is 572 g/mol. The number of anilines is 2. The largest absolute Gasteiger partial charge is 0.462 e. The minimum atomic E-state index is -0.796. The lowest BCUT2D eigenvalue weighted by Crippen LogP contribution is -2.33. The molecule has 0 spiro atoms. The molecule has 3 aromatic carbocycles. The predicted octanol–water partition coefficient (Wildman–Crippen LogP) is 6.22. The van der Waals surface area contributed by atoms with Crippen molar-refractivity contribution in [2.75, 3.05) is 16.8 Å². The first-order chi connectivity index (χ1) is 18.2. The summed E-state index contributed by atoms with van der Waals surface area (Å²) in [5.74, 6) is -2.73. The lowest BCUT2D eigenvalue weighted by atomic mass is 10.1. The fraction of sp³-hybridized carbons (Fsp3) is 0.111. The third kappa shape index (κ3) is 5.67. The highest BCUT2D eigenvalue weighted by Crippen LogP contribution is 2.33. The van der Waals surface area contributed by atoms with Gasteiger partial charge in [0.15, 0.2) is 0 Å². The van der Waals surface area contributed by atoms with Crippen molar-refractivity contribution in [2.24, 2.45) is 0 Å². The number of esters is 2. The first kappa shape index (κ1) is 27.2. The molecule has 0 aromatic heterocycles. The minimum Gasteiger partial charge on any atom is -0.462 e. The number of para-hydroxylation sites is 1. The van der Waals surface area contributed by atoms with Crippen LogP contribution in [0.1, 0.15) is 34.1 Å². The molecule has 1 aliphatic rings. The number of hydrogen-bond acceptors (Lipinski definition) is 7. The van der Waals surface area contributed by atoms with Gasteiger partial charge in [0, 0.05) is 10.7 Å². The third-order valence-electron chi connectivity index (χ3n) is 5.32. The summed E-state index contributed by atoms with van der Waals surface area (Å²) >= 11 is 18.1. The molecule has 0 bridgehead atoms. The summed E-state index contributed by atoms with van der Waals surface area (Å²) in [7, 11) is 0. The van der Waals surface area contributed by atoms with E-state index in [0.29, 0.717) is 17.1 Å². The van der Waals surface area contributed by atoms with Crippen molar-refractivity contribution in [3.05, 3.63) is 98.6 Å². The van der Waals surface area contributed by atoms with Crippen molar-refractivity contribution in [3.8, 4) is 5.75 Å². The molecule has 0 saturated carbocycles. The van der Waals surface area contributed by atoms with Crippen LogP contribution in [-0.4, -0.2) is 30.4 Å². The van der Waals surface area contributed by atoms with E-state index in [0.717, 1.165) is 4.90 Å². The second-order valence-electron chi connectivity index (χ2n) is 7.95. The quantitative estimate of drug-likeness (QED) is 0.194. The molecule has 11 heteroatoms. The lowest BCUT2D eigenvalue weighted by molar-refractivity contribution is -0.120. The molecule has 0 unspecified atom stereocenters. The maximum atomic E-state index is 13.2. The maximum Gasteiger partial charge on any atom is 0.343 e. The summed E-state index contributed by atoms with van der Waals surface area (Å²) in [6.45, 7) is 2.04. The van der Waals surface area contributed by atoms with Crippen LogP contribution in [0.2, 0.25) is 10.0 Å². The van der Waals surface area contributed by atoms with Gasteiger partial charge in [-0.3, -0.25) is 9.59 Å². The van der Waals surface area contributed by atoms with Crippen molar-refractivity contribution < 1.29 is 28.7 Å². The van der Waals surface area contributed by atoms with E-state index >= 15 is 0 Å². The fourth-order valence-electron chi connectivity index (χ4n) is 3.49. The molecule has 8 nitrogen and oxygen atoms in total. The molecular formula is C27H19Cl3N2O6. The summed E-state index contributed by atoms with van der Waals surface area (Å²) in [5.41, 5.74) is 0.501. The van der Waals surface area contributed by atoms with Crippen molar-refractivity contribution in [2.45, 2.75) is 13.3 Å². The second kappa shape index (κ2) is 11.7. The number of nitrogens with one attached hydrogen (secondary N) is 1. The molecule has 1 N–H and O–H groups in total. The number of halogens is 3. The zero-order chi connectivity index (χ0) is 27.4. The van der Waals surface area contributed by atoms with Gasteiger partial charge in [-0.25, -0.2) is 14.5 Å². The third-order valence-corrected chi connectivity index (χ3v) is 6.20. The Labute approximate surface area is 232 Å². The van der Waals surface area contributed by atoms with Crippen molar-refractivity contribution in [3.63, 3.8) is 0 Å². The lowest BCUT2D eigenvalue weighted by Gasteiger charge is -2.18. The Morgan fingerprint density at radius 2 is 1.61 bits per heavy atom. The summed E-state index contributed by atoms with van der Waals surface area (Å²) in [5, 5.41) is 3.04. The Balaban J connectivity index is 1.50. The molecular weight excluding hydrogens is 555 g/mol. The number of hydrogen-bond donors (Lipinski definition) is 1. The van der Waals surface area contributed by atoms with Gasteiger partial charge in [-0.1, -0.05) is 53.9 Å². The van der Waals surface area contributed by atoms with Crippen LogP contribution in [0.15, 0.2) is 77.5 Å². The van der Waals surface area contributed by atoms with Gasteiger partial charge in [0.05, 0.1) is 28.4 Å². The van der Waals surface area contributed by atoms with Crippen molar-refractivity contribution in [1.82, 2.24) is 0 Å². The Hall–Kier alpha value is -3.85. The molecule has 0 radical (unpaired) electrons. The van der Waals surface area contributed by atoms with Crippen LogP contribution in [0, 0.1) is 0 Å². The number of rotatable bonds is 8. The first-order valence-corrected chi connectivity index (χ1v) is 12.4. The number of carbonyl (C=O) groups excluding carboxylic acids is 4. The van der Waals surface area contributed by atoms with Crippen LogP contribution in [0.4, 0.5) is 11.4 Å². The van der Waals surface area contributed by atoms with Gasteiger partial charge < -0.3 is 14.8 Å². The fourth-order valence-corrected chi connectivity index (χ4v) is 4.15. The van der Waals surface area contributed by atoms with Gasteiger partial charge in [-0.15, -0.1) is 0 Å². The highest BCUT2D eigenvalue weighted by molar-refractivity contribution is 6.53. The van der Waals surface area contributed by atoms with E-state index in [9.17, 15) is 19.2 Å². The normalized spacial score (nSPS) is 13.1. The average Bonchev–Trinajstić information content (AvgIpc) is 3.12. The number of ether oxygens (including phenoxy) is 2. The van der Waals surface area contributed by atoms with Crippen molar-refractivity contribution in [1.29, 1.82) is 0 Å². The Morgan fingerprint density at radius 3 is 2.29 bits per heavy atom. The molecule has 38 heavy (non-hydrogen) atoms. The van der Waals surface area contributed by atoms with Crippen LogP contribution in [-0.2, 0) is 14.3 Å². The molecule has 194 valence electrons. The van der Waals surface area contributed by atoms with Gasteiger partial charge >= 0.3 is 11.9 Å². The van der Waals surface area contributed by atoms with Crippen LogP contribution in [0.3, 0.4) is 0 Å². The van der Waals surface area contributed by atoms with E-state index in [2.05, 4.69) is 5.32 Å². The number of carbonyl (C=O) groups is 4. The molecule has 0 fully saturated rings. The van der Waals surface area contributed by atoms with E-state index in [-0.39, 0.29) is 44.9 Å². The SMILES string of the molecule is CCCOC(=O)c1ccccc1N1C(=O)C(Cl)=C(Nc2ccc(C(=O)Oc3ccc(Cl)cc3Cl)cc2)C1=O. The van der Waals surface area contributed by atoms with Gasteiger partial charge in [-0.2, -0.15) is 0 Å². The average molecular weight is 574 g/mol. The van der Waals surface area contributed by atoms with Gasteiger partial charge in [0.25, 0.3) is 11.8 Å². The minimum absolute atomic E-state index is 0.0528. The number of benzene rings is 3. The first-order valence-electron chi connectivity index (χ1n) is 11.3. The topological polar surface area (TPSA) is 102 Å². The van der Waals surface area contributed by atoms with Crippen LogP contribution < -0.4 is 15.0 Å².